The number of carbonyl (C=O) groups is 1. The van der Waals surface area contributed by atoms with Crippen LogP contribution in [-0.4, -0.2) is 48.9 Å². The normalized spacial score (nSPS) is 23.5. The van der Waals surface area contributed by atoms with Crippen LogP contribution in [0.15, 0.2) is 0 Å². The van der Waals surface area contributed by atoms with Crippen LogP contribution in [0.2, 0.25) is 0 Å². The Morgan fingerprint density at radius 3 is 2.80 bits per heavy atom. The minimum Gasteiger partial charge on any atom is -0.340 e. The maximum atomic E-state index is 11.9. The van der Waals surface area contributed by atoms with Gasteiger partial charge in [-0.3, -0.25) is 4.79 Å². The van der Waals surface area contributed by atoms with Crippen LogP contribution in [0.3, 0.4) is 0 Å². The summed E-state index contributed by atoms with van der Waals surface area (Å²) in [6.07, 6.45) is 1.61. The molecular weight excluding hydrogens is 190 g/mol. The maximum absolute atomic E-state index is 11.9. The fourth-order valence-corrected chi connectivity index (χ4v) is 1.97. The van der Waals surface area contributed by atoms with Gasteiger partial charge in [0.2, 0.25) is 5.91 Å². The molecule has 1 rings (SSSR count). The van der Waals surface area contributed by atoms with E-state index in [1.54, 1.807) is 4.90 Å². The van der Waals surface area contributed by atoms with Crippen molar-refractivity contribution in [1.29, 1.82) is 5.26 Å². The lowest BCUT2D eigenvalue weighted by Crippen LogP contribution is -2.41. The van der Waals surface area contributed by atoms with E-state index >= 15 is 0 Å². The average molecular weight is 209 g/mol. The molecule has 0 aliphatic carbocycles. The van der Waals surface area contributed by atoms with Crippen molar-refractivity contribution in [2.75, 3.05) is 27.2 Å². The van der Waals surface area contributed by atoms with Crippen LogP contribution in [0.25, 0.3) is 0 Å². The molecule has 0 spiro atoms. The van der Waals surface area contributed by atoms with Gasteiger partial charge < -0.3 is 9.80 Å². The van der Waals surface area contributed by atoms with Gasteiger partial charge in [0, 0.05) is 19.6 Å². The number of nitriles is 1. The Kier molecular flexibility index (Phi) is 4.10. The summed E-state index contributed by atoms with van der Waals surface area (Å²) in [7, 11) is 3.87. The van der Waals surface area contributed by atoms with Crippen molar-refractivity contribution in [3.8, 4) is 6.07 Å². The van der Waals surface area contributed by atoms with Gasteiger partial charge in [0.25, 0.3) is 0 Å². The molecule has 4 nitrogen and oxygen atoms in total. The SMILES string of the molecule is CCC(C#N)C(=O)N(C)C1CCN(C)C1. The van der Waals surface area contributed by atoms with Crippen molar-refractivity contribution in [3.63, 3.8) is 0 Å². The van der Waals surface area contributed by atoms with E-state index in [4.69, 9.17) is 5.26 Å². The van der Waals surface area contributed by atoms with Gasteiger partial charge in [0.1, 0.15) is 5.92 Å². The molecule has 0 aromatic carbocycles. The first-order valence-corrected chi connectivity index (χ1v) is 5.45. The lowest BCUT2D eigenvalue weighted by molar-refractivity contribution is -0.134. The van der Waals surface area contributed by atoms with Crippen molar-refractivity contribution in [1.82, 2.24) is 9.80 Å². The molecule has 0 saturated carbocycles. The molecule has 1 heterocycles. The lowest BCUT2D eigenvalue weighted by atomic mass is 10.1. The summed E-state index contributed by atoms with van der Waals surface area (Å²) < 4.78 is 0. The monoisotopic (exact) mass is 209 g/mol. The van der Waals surface area contributed by atoms with Gasteiger partial charge in [-0.15, -0.1) is 0 Å². The largest absolute Gasteiger partial charge is 0.340 e. The second kappa shape index (κ2) is 5.13. The molecule has 15 heavy (non-hydrogen) atoms. The second-order valence-corrected chi connectivity index (χ2v) is 4.24. The van der Waals surface area contributed by atoms with E-state index in [-0.39, 0.29) is 11.9 Å². The standard InChI is InChI=1S/C11H19N3O/c1-4-9(7-12)11(15)14(3)10-5-6-13(2)8-10/h9-10H,4-6,8H2,1-3H3. The summed E-state index contributed by atoms with van der Waals surface area (Å²) in [5, 5.41) is 8.83. The zero-order chi connectivity index (χ0) is 11.4. The molecule has 1 aliphatic rings. The first kappa shape index (κ1) is 12.0. The van der Waals surface area contributed by atoms with E-state index < -0.39 is 5.92 Å². The lowest BCUT2D eigenvalue weighted by Gasteiger charge is -2.26. The molecule has 1 aliphatic heterocycles. The van der Waals surface area contributed by atoms with Crippen LogP contribution < -0.4 is 0 Å². The molecule has 2 unspecified atom stereocenters. The summed E-state index contributed by atoms with van der Waals surface area (Å²) in [4.78, 5) is 15.8. The average Bonchev–Trinajstić information content (AvgIpc) is 2.65. The number of hydrogen-bond acceptors (Lipinski definition) is 3. The predicted octanol–water partition coefficient (Wildman–Crippen LogP) is 0.699. The van der Waals surface area contributed by atoms with Gasteiger partial charge in [0.15, 0.2) is 0 Å². The molecular formula is C11H19N3O. The third-order valence-corrected chi connectivity index (χ3v) is 3.12. The van der Waals surface area contributed by atoms with Crippen LogP contribution in [-0.2, 0) is 4.79 Å². The molecule has 1 saturated heterocycles. The first-order valence-electron chi connectivity index (χ1n) is 5.45. The number of nitrogens with zero attached hydrogens (tertiary/aromatic N) is 3. The molecule has 1 fully saturated rings. The summed E-state index contributed by atoms with van der Waals surface area (Å²) in [6.45, 7) is 3.83. The molecule has 0 aromatic rings. The fraction of sp³-hybridized carbons (Fsp3) is 0.818. The molecule has 0 radical (unpaired) electrons. The topological polar surface area (TPSA) is 47.3 Å². The minimum absolute atomic E-state index is 0.0275. The molecule has 0 aromatic heterocycles. The van der Waals surface area contributed by atoms with Crippen LogP contribution in [0.1, 0.15) is 19.8 Å². The number of hydrogen-bond donors (Lipinski definition) is 0. The van der Waals surface area contributed by atoms with Crippen molar-refractivity contribution in [2.24, 2.45) is 5.92 Å². The summed E-state index contributed by atoms with van der Waals surface area (Å²) >= 11 is 0. The third kappa shape index (κ3) is 2.69. The number of carbonyl (C=O) groups excluding carboxylic acids is 1. The predicted molar refractivity (Wildman–Crippen MR) is 58.1 cm³/mol. The highest BCUT2D eigenvalue weighted by Gasteiger charge is 2.29. The van der Waals surface area contributed by atoms with E-state index in [0.29, 0.717) is 6.42 Å². The fourth-order valence-electron chi connectivity index (χ4n) is 1.97. The van der Waals surface area contributed by atoms with E-state index in [2.05, 4.69) is 18.0 Å². The molecule has 4 heteroatoms. The van der Waals surface area contributed by atoms with Crippen LogP contribution in [0.4, 0.5) is 0 Å². The Labute approximate surface area is 91.5 Å². The maximum Gasteiger partial charge on any atom is 0.239 e. The quantitative estimate of drug-likeness (QED) is 0.687. The van der Waals surface area contributed by atoms with E-state index in [1.807, 2.05) is 14.0 Å². The van der Waals surface area contributed by atoms with Gasteiger partial charge in [-0.2, -0.15) is 5.26 Å². The Hall–Kier alpha value is -1.08. The van der Waals surface area contributed by atoms with E-state index in [9.17, 15) is 4.79 Å². The molecule has 1 amide bonds. The summed E-state index contributed by atoms with van der Waals surface area (Å²) in [6, 6.07) is 2.34. The number of likely N-dealkylation sites (N-methyl/N-ethyl adjacent to an activating group) is 2. The number of likely N-dealkylation sites (tertiary alicyclic amines) is 1. The van der Waals surface area contributed by atoms with Crippen molar-refractivity contribution in [2.45, 2.75) is 25.8 Å². The molecule has 2 atom stereocenters. The highest BCUT2D eigenvalue weighted by Crippen LogP contribution is 2.15. The Morgan fingerprint density at radius 1 is 1.73 bits per heavy atom. The van der Waals surface area contributed by atoms with Crippen molar-refractivity contribution >= 4 is 5.91 Å². The number of rotatable bonds is 3. The summed E-state index contributed by atoms with van der Waals surface area (Å²) in [5.41, 5.74) is 0. The van der Waals surface area contributed by atoms with Crippen LogP contribution in [0, 0.1) is 17.2 Å². The van der Waals surface area contributed by atoms with Gasteiger partial charge in [-0.25, -0.2) is 0 Å². The van der Waals surface area contributed by atoms with Crippen LogP contribution in [0.5, 0.6) is 0 Å². The number of amides is 1. The Balaban J connectivity index is 2.56. The second-order valence-electron chi connectivity index (χ2n) is 4.24. The molecule has 84 valence electrons. The zero-order valence-electron chi connectivity index (χ0n) is 9.73. The van der Waals surface area contributed by atoms with Crippen molar-refractivity contribution in [3.05, 3.63) is 0 Å². The van der Waals surface area contributed by atoms with E-state index in [0.717, 1.165) is 19.5 Å². The summed E-state index contributed by atoms with van der Waals surface area (Å²) in [5.74, 6) is -0.499. The van der Waals surface area contributed by atoms with Crippen LogP contribution >= 0.6 is 0 Å². The molecule has 0 N–H and O–H groups in total. The first-order chi connectivity index (χ1) is 7.10. The smallest absolute Gasteiger partial charge is 0.239 e. The van der Waals surface area contributed by atoms with Gasteiger partial charge in [0.05, 0.1) is 6.07 Å². The third-order valence-electron chi connectivity index (χ3n) is 3.12. The van der Waals surface area contributed by atoms with Crippen molar-refractivity contribution < 1.29 is 4.79 Å². The highest BCUT2D eigenvalue weighted by molar-refractivity contribution is 5.81. The van der Waals surface area contributed by atoms with Gasteiger partial charge in [-0.05, 0) is 26.4 Å². The van der Waals surface area contributed by atoms with E-state index in [1.165, 1.54) is 0 Å². The minimum atomic E-state index is -0.471. The van der Waals surface area contributed by atoms with Gasteiger partial charge >= 0.3 is 0 Å². The highest BCUT2D eigenvalue weighted by atomic mass is 16.2. The Morgan fingerprint density at radius 2 is 2.40 bits per heavy atom. The molecule has 0 bridgehead atoms. The van der Waals surface area contributed by atoms with Gasteiger partial charge in [-0.1, -0.05) is 6.92 Å². The zero-order valence-corrected chi connectivity index (χ0v) is 9.73. The Bertz CT molecular complexity index is 271.